The molecule has 22 heavy (non-hydrogen) atoms. The number of benzene rings is 1. The fourth-order valence-electron chi connectivity index (χ4n) is 2.24. The summed E-state index contributed by atoms with van der Waals surface area (Å²) < 4.78 is 7.52. The van der Waals surface area contributed by atoms with Gasteiger partial charge in [-0.25, -0.2) is 0 Å². The highest BCUT2D eigenvalue weighted by Gasteiger charge is 2.12. The summed E-state index contributed by atoms with van der Waals surface area (Å²) in [6, 6.07) is 7.35. The van der Waals surface area contributed by atoms with Crippen LogP contribution in [-0.4, -0.2) is 20.0 Å². The van der Waals surface area contributed by atoms with Gasteiger partial charge in [-0.1, -0.05) is 17.7 Å². The Balaban J connectivity index is 1.73. The number of anilines is 1. The number of nitrogens with zero attached hydrogens (tertiary/aromatic N) is 4. The number of aromatic nitrogens is 4. The largest absolute Gasteiger partial charge is 0.421 e. The van der Waals surface area contributed by atoms with Gasteiger partial charge in [0.2, 0.25) is 11.8 Å². The number of rotatable bonds is 4. The SMILES string of the molecule is Cc1nn(CCc2nnc(-c3cccc(N)c3)o2)c(C)c1Cl. The molecular formula is C15H16ClN5O. The fourth-order valence-corrected chi connectivity index (χ4v) is 2.37. The fraction of sp³-hybridized carbons (Fsp3) is 0.267. The van der Waals surface area contributed by atoms with Crippen LogP contribution in [0, 0.1) is 13.8 Å². The molecule has 6 nitrogen and oxygen atoms in total. The normalized spacial score (nSPS) is 11.0. The highest BCUT2D eigenvalue weighted by molar-refractivity contribution is 6.31. The van der Waals surface area contributed by atoms with E-state index in [-0.39, 0.29) is 0 Å². The lowest BCUT2D eigenvalue weighted by molar-refractivity contribution is 0.471. The van der Waals surface area contributed by atoms with Crippen LogP contribution in [0.2, 0.25) is 5.02 Å². The van der Waals surface area contributed by atoms with Crippen molar-refractivity contribution in [2.45, 2.75) is 26.8 Å². The quantitative estimate of drug-likeness (QED) is 0.748. The average molecular weight is 318 g/mol. The smallest absolute Gasteiger partial charge is 0.247 e. The van der Waals surface area contributed by atoms with E-state index < -0.39 is 0 Å². The maximum atomic E-state index is 6.13. The summed E-state index contributed by atoms with van der Waals surface area (Å²) in [7, 11) is 0. The zero-order valence-corrected chi connectivity index (χ0v) is 13.1. The molecule has 7 heteroatoms. The molecule has 1 aromatic carbocycles. The van der Waals surface area contributed by atoms with E-state index in [1.54, 1.807) is 6.07 Å². The lowest BCUT2D eigenvalue weighted by Crippen LogP contribution is -2.05. The first-order valence-electron chi connectivity index (χ1n) is 6.92. The zero-order valence-electron chi connectivity index (χ0n) is 12.4. The van der Waals surface area contributed by atoms with E-state index in [9.17, 15) is 0 Å². The van der Waals surface area contributed by atoms with Crippen molar-refractivity contribution < 1.29 is 4.42 Å². The van der Waals surface area contributed by atoms with E-state index in [1.807, 2.05) is 36.7 Å². The Hall–Kier alpha value is -2.34. The summed E-state index contributed by atoms with van der Waals surface area (Å²) in [5, 5.41) is 13.2. The zero-order chi connectivity index (χ0) is 15.7. The van der Waals surface area contributed by atoms with Crippen LogP contribution in [0.25, 0.3) is 11.5 Å². The van der Waals surface area contributed by atoms with E-state index in [0.29, 0.717) is 35.5 Å². The van der Waals surface area contributed by atoms with Crippen molar-refractivity contribution in [3.63, 3.8) is 0 Å². The molecular weight excluding hydrogens is 302 g/mol. The van der Waals surface area contributed by atoms with Crippen LogP contribution in [0.4, 0.5) is 5.69 Å². The van der Waals surface area contributed by atoms with E-state index in [0.717, 1.165) is 17.0 Å². The summed E-state index contributed by atoms with van der Waals surface area (Å²) in [5.41, 5.74) is 8.99. The second kappa shape index (κ2) is 5.81. The van der Waals surface area contributed by atoms with Crippen LogP contribution in [0.15, 0.2) is 28.7 Å². The van der Waals surface area contributed by atoms with Gasteiger partial charge in [0.15, 0.2) is 0 Å². The second-order valence-corrected chi connectivity index (χ2v) is 5.46. The van der Waals surface area contributed by atoms with Gasteiger partial charge in [-0.05, 0) is 32.0 Å². The third-order valence-corrected chi connectivity index (χ3v) is 3.98. The molecule has 0 saturated carbocycles. The molecule has 0 radical (unpaired) electrons. The molecule has 0 unspecified atom stereocenters. The molecule has 0 bridgehead atoms. The topological polar surface area (TPSA) is 82.8 Å². The lowest BCUT2D eigenvalue weighted by Gasteiger charge is -2.01. The molecule has 2 heterocycles. The number of nitrogens with two attached hydrogens (primary N) is 1. The van der Waals surface area contributed by atoms with Crippen LogP contribution < -0.4 is 5.73 Å². The monoisotopic (exact) mass is 317 g/mol. The first-order chi connectivity index (χ1) is 10.5. The van der Waals surface area contributed by atoms with Gasteiger partial charge >= 0.3 is 0 Å². The molecule has 0 fully saturated rings. The van der Waals surface area contributed by atoms with Crippen molar-refractivity contribution in [3.8, 4) is 11.5 Å². The predicted molar refractivity (Wildman–Crippen MR) is 84.6 cm³/mol. The maximum absolute atomic E-state index is 6.13. The third kappa shape index (κ3) is 2.82. The Morgan fingerprint density at radius 2 is 2.09 bits per heavy atom. The molecule has 3 aromatic rings. The highest BCUT2D eigenvalue weighted by Crippen LogP contribution is 2.21. The molecule has 0 aliphatic heterocycles. The van der Waals surface area contributed by atoms with Gasteiger partial charge in [0.1, 0.15) is 0 Å². The van der Waals surface area contributed by atoms with E-state index in [1.165, 1.54) is 0 Å². The minimum absolute atomic E-state index is 0.466. The lowest BCUT2D eigenvalue weighted by atomic mass is 10.2. The van der Waals surface area contributed by atoms with Crippen LogP contribution in [0.3, 0.4) is 0 Å². The standard InChI is InChI=1S/C15H16ClN5O/c1-9-14(16)10(2)21(20-9)7-6-13-18-19-15(22-13)11-4-3-5-12(17)8-11/h3-5,8H,6-7,17H2,1-2H3. The average Bonchev–Trinajstić information content (AvgIpc) is 3.06. The number of nitrogen functional groups attached to an aromatic ring is 1. The van der Waals surface area contributed by atoms with Gasteiger partial charge in [-0.2, -0.15) is 5.10 Å². The van der Waals surface area contributed by atoms with Crippen LogP contribution in [0.1, 0.15) is 17.3 Å². The van der Waals surface area contributed by atoms with Crippen molar-refractivity contribution in [3.05, 3.63) is 46.6 Å². The molecule has 3 rings (SSSR count). The molecule has 0 aliphatic rings. The van der Waals surface area contributed by atoms with Gasteiger partial charge < -0.3 is 10.2 Å². The van der Waals surface area contributed by atoms with Gasteiger partial charge in [0.05, 0.1) is 16.4 Å². The minimum atomic E-state index is 0.466. The highest BCUT2D eigenvalue weighted by atomic mass is 35.5. The summed E-state index contributed by atoms with van der Waals surface area (Å²) in [5.74, 6) is 1.02. The Morgan fingerprint density at radius 1 is 1.27 bits per heavy atom. The molecule has 0 saturated heterocycles. The Labute approximate surface area is 132 Å². The summed E-state index contributed by atoms with van der Waals surface area (Å²) in [4.78, 5) is 0. The minimum Gasteiger partial charge on any atom is -0.421 e. The molecule has 0 aliphatic carbocycles. The molecule has 0 amide bonds. The molecule has 2 aromatic heterocycles. The number of halogens is 1. The van der Waals surface area contributed by atoms with Crippen molar-refractivity contribution in [1.82, 2.24) is 20.0 Å². The maximum Gasteiger partial charge on any atom is 0.247 e. The Bertz CT molecular complexity index is 808. The second-order valence-electron chi connectivity index (χ2n) is 5.08. The van der Waals surface area contributed by atoms with Gasteiger partial charge in [0.25, 0.3) is 0 Å². The van der Waals surface area contributed by atoms with Gasteiger partial charge in [-0.15, -0.1) is 10.2 Å². The van der Waals surface area contributed by atoms with E-state index >= 15 is 0 Å². The van der Waals surface area contributed by atoms with Crippen LogP contribution >= 0.6 is 11.6 Å². The summed E-state index contributed by atoms with van der Waals surface area (Å²) >= 11 is 6.13. The molecule has 0 spiro atoms. The summed E-state index contributed by atoms with van der Waals surface area (Å²) in [6.45, 7) is 4.46. The molecule has 2 N–H and O–H groups in total. The van der Waals surface area contributed by atoms with Crippen molar-refractivity contribution in [2.24, 2.45) is 0 Å². The van der Waals surface area contributed by atoms with Gasteiger partial charge in [0, 0.05) is 24.2 Å². The number of aryl methyl sites for hydroxylation is 3. The Kier molecular flexibility index (Phi) is 3.85. The number of hydrogen-bond donors (Lipinski definition) is 1. The molecule has 114 valence electrons. The van der Waals surface area contributed by atoms with E-state index in [2.05, 4.69) is 15.3 Å². The van der Waals surface area contributed by atoms with Crippen molar-refractivity contribution in [1.29, 1.82) is 0 Å². The first-order valence-corrected chi connectivity index (χ1v) is 7.30. The first kappa shape index (κ1) is 14.6. The Morgan fingerprint density at radius 3 is 2.77 bits per heavy atom. The van der Waals surface area contributed by atoms with E-state index in [4.69, 9.17) is 21.8 Å². The third-order valence-electron chi connectivity index (χ3n) is 3.43. The number of hydrogen-bond acceptors (Lipinski definition) is 5. The van der Waals surface area contributed by atoms with Crippen molar-refractivity contribution >= 4 is 17.3 Å². The molecule has 0 atom stereocenters. The predicted octanol–water partition coefficient (Wildman–Crippen LogP) is 3.03. The van der Waals surface area contributed by atoms with Gasteiger partial charge in [-0.3, -0.25) is 4.68 Å². The van der Waals surface area contributed by atoms with Crippen LogP contribution in [-0.2, 0) is 13.0 Å². The van der Waals surface area contributed by atoms with Crippen molar-refractivity contribution in [2.75, 3.05) is 5.73 Å². The summed E-state index contributed by atoms with van der Waals surface area (Å²) in [6.07, 6.45) is 0.591. The van der Waals surface area contributed by atoms with Crippen LogP contribution in [0.5, 0.6) is 0 Å².